The molecule has 0 saturated carbocycles. The molecule has 0 aliphatic carbocycles. The summed E-state index contributed by atoms with van der Waals surface area (Å²) in [5.41, 5.74) is 4.17. The van der Waals surface area contributed by atoms with Crippen LogP contribution in [0.2, 0.25) is 5.02 Å². The number of piperazine rings is 1. The minimum Gasteiger partial charge on any atom is -0.336 e. The van der Waals surface area contributed by atoms with Gasteiger partial charge in [0, 0.05) is 37.7 Å². The Balaban J connectivity index is 1.38. The third kappa shape index (κ3) is 4.23. The van der Waals surface area contributed by atoms with E-state index in [9.17, 15) is 4.79 Å². The second-order valence-electron chi connectivity index (χ2n) is 7.41. The number of hydrogen-bond acceptors (Lipinski definition) is 4. The van der Waals surface area contributed by atoms with Crippen LogP contribution in [0.4, 0.5) is 0 Å². The molecule has 0 N–H and O–H groups in total. The van der Waals surface area contributed by atoms with E-state index < -0.39 is 0 Å². The molecule has 1 aliphatic heterocycles. The third-order valence-corrected chi connectivity index (χ3v) is 5.71. The molecule has 0 spiro atoms. The first-order valence-electron chi connectivity index (χ1n) is 9.86. The Morgan fingerprint density at radius 1 is 1.07 bits per heavy atom. The number of rotatable bonds is 4. The molecule has 2 heterocycles. The topological polar surface area (TPSA) is 65.2 Å². The number of halogens is 1. The molecule has 7 heteroatoms. The Hall–Kier alpha value is -3.14. The van der Waals surface area contributed by atoms with E-state index in [0.717, 1.165) is 31.0 Å². The molecule has 1 aliphatic rings. The van der Waals surface area contributed by atoms with Crippen LogP contribution in [0.1, 0.15) is 27.2 Å². The highest BCUT2D eigenvalue weighted by atomic mass is 35.5. The van der Waals surface area contributed by atoms with Gasteiger partial charge in [0.05, 0.1) is 34.8 Å². The van der Waals surface area contributed by atoms with Gasteiger partial charge in [-0.2, -0.15) is 10.4 Å². The van der Waals surface area contributed by atoms with Crippen molar-refractivity contribution in [2.75, 3.05) is 26.2 Å². The van der Waals surface area contributed by atoms with Gasteiger partial charge in [-0.3, -0.25) is 9.69 Å². The number of carbonyl (C=O) groups excluding carboxylic acids is 1. The molecule has 30 heavy (non-hydrogen) atoms. The van der Waals surface area contributed by atoms with E-state index in [1.54, 1.807) is 10.9 Å². The number of hydrogen-bond donors (Lipinski definition) is 0. The maximum atomic E-state index is 13.1. The molecule has 152 valence electrons. The molecular formula is C23H22ClN5O. The summed E-state index contributed by atoms with van der Waals surface area (Å²) in [6, 6.07) is 17.2. The first-order chi connectivity index (χ1) is 14.5. The van der Waals surface area contributed by atoms with E-state index >= 15 is 0 Å². The summed E-state index contributed by atoms with van der Waals surface area (Å²) in [5.74, 6) is 0.0192. The summed E-state index contributed by atoms with van der Waals surface area (Å²) < 4.78 is 1.77. The van der Waals surface area contributed by atoms with Crippen LogP contribution >= 0.6 is 11.6 Å². The number of nitrogens with zero attached hydrogens (tertiary/aromatic N) is 5. The predicted molar refractivity (Wildman–Crippen MR) is 116 cm³/mol. The molecule has 2 aromatic carbocycles. The van der Waals surface area contributed by atoms with Crippen LogP contribution in [0.5, 0.6) is 0 Å². The summed E-state index contributed by atoms with van der Waals surface area (Å²) in [4.78, 5) is 17.3. The zero-order chi connectivity index (χ0) is 21.1. The van der Waals surface area contributed by atoms with E-state index in [2.05, 4.69) is 16.1 Å². The zero-order valence-electron chi connectivity index (χ0n) is 16.8. The van der Waals surface area contributed by atoms with Crippen LogP contribution in [0.25, 0.3) is 5.69 Å². The van der Waals surface area contributed by atoms with Gasteiger partial charge >= 0.3 is 0 Å². The van der Waals surface area contributed by atoms with E-state index in [1.165, 1.54) is 5.56 Å². The highest BCUT2D eigenvalue weighted by molar-refractivity contribution is 6.30. The van der Waals surface area contributed by atoms with Gasteiger partial charge in [0.2, 0.25) is 0 Å². The van der Waals surface area contributed by atoms with Gasteiger partial charge < -0.3 is 4.90 Å². The van der Waals surface area contributed by atoms with Crippen LogP contribution in [-0.4, -0.2) is 51.7 Å². The van der Waals surface area contributed by atoms with E-state index in [0.29, 0.717) is 29.2 Å². The lowest BCUT2D eigenvalue weighted by atomic mass is 10.1. The first-order valence-corrected chi connectivity index (χ1v) is 10.2. The largest absolute Gasteiger partial charge is 0.336 e. The van der Waals surface area contributed by atoms with Gasteiger partial charge in [0.15, 0.2) is 0 Å². The van der Waals surface area contributed by atoms with Crippen molar-refractivity contribution in [1.29, 1.82) is 5.26 Å². The number of amides is 1. The summed E-state index contributed by atoms with van der Waals surface area (Å²) in [6.45, 7) is 5.73. The summed E-state index contributed by atoms with van der Waals surface area (Å²) in [7, 11) is 0. The van der Waals surface area contributed by atoms with Crippen molar-refractivity contribution in [1.82, 2.24) is 19.6 Å². The monoisotopic (exact) mass is 419 g/mol. The number of nitriles is 1. The van der Waals surface area contributed by atoms with Crippen molar-refractivity contribution in [3.63, 3.8) is 0 Å². The fraction of sp³-hybridized carbons (Fsp3) is 0.261. The van der Waals surface area contributed by atoms with Gasteiger partial charge in [0.25, 0.3) is 5.91 Å². The van der Waals surface area contributed by atoms with Gasteiger partial charge in [-0.05, 0) is 48.9 Å². The second-order valence-corrected chi connectivity index (χ2v) is 7.85. The molecule has 1 fully saturated rings. The van der Waals surface area contributed by atoms with Crippen molar-refractivity contribution in [2.24, 2.45) is 0 Å². The lowest BCUT2D eigenvalue weighted by Crippen LogP contribution is -2.48. The molecular weight excluding hydrogens is 398 g/mol. The summed E-state index contributed by atoms with van der Waals surface area (Å²) in [6.07, 6.45) is 1.65. The number of aromatic nitrogens is 2. The average molecular weight is 420 g/mol. The molecule has 1 amide bonds. The van der Waals surface area contributed by atoms with Crippen LogP contribution in [0, 0.1) is 18.3 Å². The van der Waals surface area contributed by atoms with E-state index in [4.69, 9.17) is 16.9 Å². The standard InChI is InChI=1S/C23H22ClN5O/c1-17-22(15-26-29(17)21-8-6-20(24)7-9-21)23(30)28-12-10-27(11-13-28)16-19-4-2-18(14-25)3-5-19/h2-9,15H,10-13,16H2,1H3. The third-order valence-electron chi connectivity index (χ3n) is 5.46. The summed E-state index contributed by atoms with van der Waals surface area (Å²) in [5, 5.41) is 14.0. The lowest BCUT2D eigenvalue weighted by molar-refractivity contribution is 0.0627. The lowest BCUT2D eigenvalue weighted by Gasteiger charge is -2.34. The number of benzene rings is 2. The Kier molecular flexibility index (Phi) is 5.84. The van der Waals surface area contributed by atoms with Gasteiger partial charge in [-0.25, -0.2) is 4.68 Å². The fourth-order valence-corrected chi connectivity index (χ4v) is 3.81. The molecule has 1 aromatic heterocycles. The molecule has 1 saturated heterocycles. The van der Waals surface area contributed by atoms with Crippen molar-refractivity contribution in [3.8, 4) is 11.8 Å². The minimum atomic E-state index is 0.0192. The minimum absolute atomic E-state index is 0.0192. The molecule has 3 aromatic rings. The molecule has 0 unspecified atom stereocenters. The Labute approximate surface area is 180 Å². The van der Waals surface area contributed by atoms with Crippen molar-refractivity contribution >= 4 is 17.5 Å². The SMILES string of the molecule is Cc1c(C(=O)N2CCN(Cc3ccc(C#N)cc3)CC2)cnn1-c1ccc(Cl)cc1. The molecule has 0 bridgehead atoms. The van der Waals surface area contributed by atoms with Crippen molar-refractivity contribution in [3.05, 3.63) is 82.1 Å². The fourth-order valence-electron chi connectivity index (χ4n) is 3.68. The van der Waals surface area contributed by atoms with Crippen LogP contribution < -0.4 is 0 Å². The maximum Gasteiger partial charge on any atom is 0.257 e. The van der Waals surface area contributed by atoms with E-state index in [1.807, 2.05) is 60.4 Å². The van der Waals surface area contributed by atoms with Crippen LogP contribution in [0.3, 0.4) is 0 Å². The molecule has 0 atom stereocenters. The Morgan fingerprint density at radius 3 is 2.37 bits per heavy atom. The van der Waals surface area contributed by atoms with Crippen molar-refractivity contribution < 1.29 is 4.79 Å². The van der Waals surface area contributed by atoms with Crippen LogP contribution in [-0.2, 0) is 6.54 Å². The normalized spacial score (nSPS) is 14.5. The summed E-state index contributed by atoms with van der Waals surface area (Å²) >= 11 is 5.97. The second kappa shape index (κ2) is 8.70. The van der Waals surface area contributed by atoms with Gasteiger partial charge in [0.1, 0.15) is 0 Å². The van der Waals surface area contributed by atoms with Crippen LogP contribution in [0.15, 0.2) is 54.7 Å². The number of carbonyl (C=O) groups is 1. The maximum absolute atomic E-state index is 13.1. The van der Waals surface area contributed by atoms with Crippen molar-refractivity contribution in [2.45, 2.75) is 13.5 Å². The Morgan fingerprint density at radius 2 is 1.73 bits per heavy atom. The molecule has 4 rings (SSSR count). The van der Waals surface area contributed by atoms with Gasteiger partial charge in [-0.1, -0.05) is 23.7 Å². The highest BCUT2D eigenvalue weighted by Crippen LogP contribution is 2.19. The molecule has 6 nitrogen and oxygen atoms in total. The average Bonchev–Trinajstić information content (AvgIpc) is 3.16. The smallest absolute Gasteiger partial charge is 0.257 e. The Bertz CT molecular complexity index is 1070. The van der Waals surface area contributed by atoms with Gasteiger partial charge in [-0.15, -0.1) is 0 Å². The predicted octanol–water partition coefficient (Wildman–Crippen LogP) is 3.66. The quantitative estimate of drug-likeness (QED) is 0.647. The first kappa shape index (κ1) is 20.1. The van der Waals surface area contributed by atoms with E-state index in [-0.39, 0.29) is 5.91 Å². The highest BCUT2D eigenvalue weighted by Gasteiger charge is 2.25. The zero-order valence-corrected chi connectivity index (χ0v) is 17.5. The molecule has 0 radical (unpaired) electrons.